The van der Waals surface area contributed by atoms with Crippen molar-refractivity contribution in [3.63, 3.8) is 0 Å². The highest BCUT2D eigenvalue weighted by Gasteiger charge is 2.02. The summed E-state index contributed by atoms with van der Waals surface area (Å²) < 4.78 is 2.82. The first-order valence-electron chi connectivity index (χ1n) is 4.12. The topological polar surface area (TPSA) is 25.2 Å². The van der Waals surface area contributed by atoms with Crippen molar-refractivity contribution in [1.29, 1.82) is 0 Å². The molecule has 1 heterocycles. The van der Waals surface area contributed by atoms with Crippen molar-refractivity contribution in [2.45, 2.75) is 0 Å². The van der Waals surface area contributed by atoms with E-state index in [0.717, 1.165) is 15.2 Å². The van der Waals surface area contributed by atoms with E-state index >= 15 is 0 Å². The SMILES string of the molecule is Cn1c(-c2ccc(O)cc2)csc1=S. The van der Waals surface area contributed by atoms with E-state index in [0.29, 0.717) is 0 Å². The van der Waals surface area contributed by atoms with Gasteiger partial charge in [-0.3, -0.25) is 0 Å². The van der Waals surface area contributed by atoms with Crippen molar-refractivity contribution < 1.29 is 5.11 Å². The van der Waals surface area contributed by atoms with Gasteiger partial charge in [-0.25, -0.2) is 0 Å². The standard InChI is InChI=1S/C10H9NOS2/c1-11-9(6-14-10(11)13)7-2-4-8(12)5-3-7/h2-6,12H,1H3. The highest BCUT2D eigenvalue weighted by molar-refractivity contribution is 7.73. The highest BCUT2D eigenvalue weighted by atomic mass is 32.1. The molecule has 0 radical (unpaired) electrons. The number of thiazole rings is 1. The lowest BCUT2D eigenvalue weighted by molar-refractivity contribution is 0.475. The minimum Gasteiger partial charge on any atom is -0.508 e. The van der Waals surface area contributed by atoms with E-state index < -0.39 is 0 Å². The molecule has 0 amide bonds. The van der Waals surface area contributed by atoms with Gasteiger partial charge < -0.3 is 9.67 Å². The van der Waals surface area contributed by atoms with Crippen LogP contribution in [0.2, 0.25) is 0 Å². The van der Waals surface area contributed by atoms with Gasteiger partial charge in [-0.2, -0.15) is 0 Å². The van der Waals surface area contributed by atoms with Crippen LogP contribution in [0.4, 0.5) is 0 Å². The summed E-state index contributed by atoms with van der Waals surface area (Å²) >= 11 is 6.68. The van der Waals surface area contributed by atoms with E-state index in [1.54, 1.807) is 23.5 Å². The van der Waals surface area contributed by atoms with Crippen LogP contribution < -0.4 is 0 Å². The molecule has 0 saturated carbocycles. The number of nitrogens with zero attached hydrogens (tertiary/aromatic N) is 1. The number of rotatable bonds is 1. The number of aromatic nitrogens is 1. The Morgan fingerprint density at radius 3 is 2.43 bits per heavy atom. The van der Waals surface area contributed by atoms with Gasteiger partial charge in [0, 0.05) is 12.4 Å². The largest absolute Gasteiger partial charge is 0.508 e. The molecule has 0 fully saturated rings. The number of benzene rings is 1. The maximum Gasteiger partial charge on any atom is 0.161 e. The number of phenols is 1. The molecular formula is C10H9NOS2. The van der Waals surface area contributed by atoms with Gasteiger partial charge in [-0.1, -0.05) is 0 Å². The molecule has 0 aliphatic carbocycles. The Morgan fingerprint density at radius 2 is 1.93 bits per heavy atom. The highest BCUT2D eigenvalue weighted by Crippen LogP contribution is 2.24. The summed E-state index contributed by atoms with van der Waals surface area (Å²) in [7, 11) is 1.95. The molecule has 0 aliphatic heterocycles. The summed E-state index contributed by atoms with van der Waals surface area (Å²) in [5.41, 5.74) is 2.15. The molecule has 1 aromatic heterocycles. The smallest absolute Gasteiger partial charge is 0.161 e. The van der Waals surface area contributed by atoms with Crippen LogP contribution in [0.15, 0.2) is 29.6 Å². The predicted molar refractivity (Wildman–Crippen MR) is 61.2 cm³/mol. The van der Waals surface area contributed by atoms with E-state index in [1.807, 2.05) is 29.1 Å². The predicted octanol–water partition coefficient (Wildman–Crippen LogP) is 3.19. The van der Waals surface area contributed by atoms with Gasteiger partial charge in [-0.05, 0) is 42.0 Å². The van der Waals surface area contributed by atoms with Crippen molar-refractivity contribution >= 4 is 23.6 Å². The Bertz CT molecular complexity index is 496. The van der Waals surface area contributed by atoms with Crippen LogP contribution in [0.3, 0.4) is 0 Å². The molecule has 2 nitrogen and oxygen atoms in total. The maximum atomic E-state index is 9.15. The maximum absolute atomic E-state index is 9.15. The zero-order valence-electron chi connectivity index (χ0n) is 7.60. The van der Waals surface area contributed by atoms with E-state index in [2.05, 4.69) is 0 Å². The van der Waals surface area contributed by atoms with Gasteiger partial charge in [0.15, 0.2) is 3.95 Å². The van der Waals surface area contributed by atoms with Gasteiger partial charge in [-0.15, -0.1) is 11.3 Å². The lowest BCUT2D eigenvalue weighted by atomic mass is 10.2. The summed E-state index contributed by atoms with van der Waals surface area (Å²) in [6.07, 6.45) is 0. The normalized spacial score (nSPS) is 10.4. The Labute approximate surface area is 91.1 Å². The molecule has 0 unspecified atom stereocenters. The molecule has 72 valence electrons. The van der Waals surface area contributed by atoms with E-state index in [-0.39, 0.29) is 5.75 Å². The van der Waals surface area contributed by atoms with Crippen LogP contribution in [0.5, 0.6) is 5.75 Å². The molecule has 2 rings (SSSR count). The Kier molecular flexibility index (Phi) is 2.39. The summed E-state index contributed by atoms with van der Waals surface area (Å²) in [5.74, 6) is 0.283. The Balaban J connectivity index is 2.55. The molecule has 14 heavy (non-hydrogen) atoms. The van der Waals surface area contributed by atoms with Crippen LogP contribution in [0.1, 0.15) is 0 Å². The molecule has 1 aromatic carbocycles. The van der Waals surface area contributed by atoms with E-state index in [1.165, 1.54) is 0 Å². The average Bonchev–Trinajstić information content (AvgIpc) is 2.50. The molecule has 0 saturated heterocycles. The minimum atomic E-state index is 0.283. The summed E-state index contributed by atoms with van der Waals surface area (Å²) in [4.78, 5) is 0. The third-order valence-corrected chi connectivity index (χ3v) is 3.45. The number of hydrogen-bond donors (Lipinski definition) is 1. The first kappa shape index (κ1) is 9.43. The fraction of sp³-hybridized carbons (Fsp3) is 0.100. The lowest BCUT2D eigenvalue weighted by Gasteiger charge is -2.02. The third-order valence-electron chi connectivity index (χ3n) is 2.07. The second-order valence-corrected chi connectivity index (χ2v) is 4.50. The fourth-order valence-corrected chi connectivity index (χ4v) is 2.26. The second-order valence-electron chi connectivity index (χ2n) is 2.99. The molecule has 1 N–H and O–H groups in total. The molecule has 0 spiro atoms. The monoisotopic (exact) mass is 223 g/mol. The molecule has 2 aromatic rings. The third kappa shape index (κ3) is 1.58. The first-order chi connectivity index (χ1) is 6.68. The van der Waals surface area contributed by atoms with Crippen molar-refractivity contribution in [2.24, 2.45) is 7.05 Å². The average molecular weight is 223 g/mol. The van der Waals surface area contributed by atoms with Gasteiger partial charge in [0.1, 0.15) is 5.75 Å². The van der Waals surface area contributed by atoms with E-state index in [9.17, 15) is 0 Å². The molecule has 0 atom stereocenters. The van der Waals surface area contributed by atoms with Crippen LogP contribution in [0.25, 0.3) is 11.3 Å². The van der Waals surface area contributed by atoms with Crippen LogP contribution in [0, 0.1) is 3.95 Å². The number of aromatic hydroxyl groups is 1. The Morgan fingerprint density at radius 1 is 1.29 bits per heavy atom. The quantitative estimate of drug-likeness (QED) is 0.751. The number of phenolic OH excluding ortho intramolecular Hbond substituents is 1. The molecule has 0 bridgehead atoms. The molecule has 4 heteroatoms. The van der Waals surface area contributed by atoms with Crippen molar-refractivity contribution in [3.8, 4) is 17.0 Å². The van der Waals surface area contributed by atoms with Gasteiger partial charge in [0.05, 0.1) is 5.69 Å². The Hall–Kier alpha value is -1.13. The molecule has 0 aliphatic rings. The summed E-state index contributed by atoms with van der Waals surface area (Å²) in [5, 5.41) is 11.2. The zero-order valence-corrected chi connectivity index (χ0v) is 9.23. The summed E-state index contributed by atoms with van der Waals surface area (Å²) in [6.45, 7) is 0. The minimum absolute atomic E-state index is 0.283. The van der Waals surface area contributed by atoms with Crippen LogP contribution in [-0.2, 0) is 7.05 Å². The summed E-state index contributed by atoms with van der Waals surface area (Å²) in [6, 6.07) is 7.12. The second kappa shape index (κ2) is 3.55. The van der Waals surface area contributed by atoms with E-state index in [4.69, 9.17) is 17.3 Å². The van der Waals surface area contributed by atoms with Crippen molar-refractivity contribution in [2.75, 3.05) is 0 Å². The number of hydrogen-bond acceptors (Lipinski definition) is 3. The van der Waals surface area contributed by atoms with Gasteiger partial charge in [0.25, 0.3) is 0 Å². The fourth-order valence-electron chi connectivity index (χ4n) is 1.26. The molecular weight excluding hydrogens is 214 g/mol. The lowest BCUT2D eigenvalue weighted by Crippen LogP contribution is -1.90. The van der Waals surface area contributed by atoms with Crippen molar-refractivity contribution in [3.05, 3.63) is 33.6 Å². The van der Waals surface area contributed by atoms with Crippen LogP contribution in [-0.4, -0.2) is 9.67 Å². The first-order valence-corrected chi connectivity index (χ1v) is 5.41. The zero-order chi connectivity index (χ0) is 10.1. The van der Waals surface area contributed by atoms with Gasteiger partial charge in [0.2, 0.25) is 0 Å². The van der Waals surface area contributed by atoms with Crippen molar-refractivity contribution in [1.82, 2.24) is 4.57 Å². The van der Waals surface area contributed by atoms with Gasteiger partial charge >= 0.3 is 0 Å². The van der Waals surface area contributed by atoms with Crippen LogP contribution >= 0.6 is 23.6 Å².